The normalized spacial score (nSPS) is 14.0. The minimum absolute atomic E-state index is 0.276. The van der Waals surface area contributed by atoms with E-state index >= 15 is 0 Å². The van der Waals surface area contributed by atoms with Crippen molar-refractivity contribution in [3.05, 3.63) is 106 Å². The molecule has 3 aromatic carbocycles. The number of carbonyl (C=O) groups is 1. The number of hydrogen-bond donors (Lipinski definition) is 1. The van der Waals surface area contributed by atoms with E-state index in [1.165, 1.54) is 35.0 Å². The maximum atomic E-state index is 12.9. The molecule has 1 heterocycles. The molecule has 0 bridgehead atoms. The fraction of sp³-hybridized carbons (Fsp3) is 0.167. The third-order valence-electron chi connectivity index (χ3n) is 5.08. The Bertz CT molecular complexity index is 1010. The molecule has 0 aromatic heterocycles. The van der Waals surface area contributed by atoms with Crippen LogP contribution in [0.1, 0.15) is 32.6 Å². The molecule has 29 heavy (non-hydrogen) atoms. The minimum atomic E-state index is -0.306. The van der Waals surface area contributed by atoms with Gasteiger partial charge in [-0.15, -0.1) is 0 Å². The Balaban J connectivity index is 1.32. The lowest BCUT2D eigenvalue weighted by molar-refractivity contribution is 0.0955. The van der Waals surface area contributed by atoms with Crippen molar-refractivity contribution in [1.29, 1.82) is 0 Å². The maximum Gasteiger partial charge on any atom is 0.271 e. The van der Waals surface area contributed by atoms with Gasteiger partial charge < -0.3 is 0 Å². The molecule has 0 saturated carbocycles. The smallest absolute Gasteiger partial charge is 0.271 e. The van der Waals surface area contributed by atoms with Gasteiger partial charge in [0.25, 0.3) is 5.91 Å². The molecular weight excluding hydrogens is 365 g/mol. The Kier molecular flexibility index (Phi) is 5.77. The van der Waals surface area contributed by atoms with Crippen LogP contribution < -0.4 is 5.43 Å². The van der Waals surface area contributed by atoms with Crippen molar-refractivity contribution in [3.8, 4) is 0 Å². The van der Waals surface area contributed by atoms with Gasteiger partial charge in [0.2, 0.25) is 0 Å². The zero-order valence-corrected chi connectivity index (χ0v) is 16.0. The lowest BCUT2D eigenvalue weighted by atomic mass is 9.99. The van der Waals surface area contributed by atoms with Crippen LogP contribution in [-0.4, -0.2) is 23.6 Å². The van der Waals surface area contributed by atoms with Crippen LogP contribution >= 0.6 is 0 Å². The van der Waals surface area contributed by atoms with Crippen LogP contribution in [0.2, 0.25) is 0 Å². The zero-order chi connectivity index (χ0) is 20.1. The lowest BCUT2D eigenvalue weighted by Gasteiger charge is -2.28. The summed E-state index contributed by atoms with van der Waals surface area (Å²) in [7, 11) is 0. The predicted molar refractivity (Wildman–Crippen MR) is 112 cm³/mol. The predicted octanol–water partition coefficient (Wildman–Crippen LogP) is 4.15. The quantitative estimate of drug-likeness (QED) is 0.528. The van der Waals surface area contributed by atoms with E-state index in [0.29, 0.717) is 11.1 Å². The van der Waals surface area contributed by atoms with Gasteiger partial charge in [0.05, 0.1) is 6.21 Å². The monoisotopic (exact) mass is 387 g/mol. The summed E-state index contributed by atoms with van der Waals surface area (Å²) in [5, 5.41) is 3.93. The molecule has 4 nitrogen and oxygen atoms in total. The van der Waals surface area contributed by atoms with E-state index in [2.05, 4.69) is 39.7 Å². The summed E-state index contributed by atoms with van der Waals surface area (Å²) < 4.78 is 12.9. The molecule has 4 rings (SSSR count). The summed E-state index contributed by atoms with van der Waals surface area (Å²) in [6, 6.07) is 22.1. The van der Waals surface area contributed by atoms with Gasteiger partial charge in [-0.3, -0.25) is 9.69 Å². The van der Waals surface area contributed by atoms with Crippen LogP contribution in [0.15, 0.2) is 77.9 Å². The van der Waals surface area contributed by atoms with Gasteiger partial charge >= 0.3 is 0 Å². The standard InChI is InChI=1S/C24H22FN3O/c25-23-11-7-18(8-12-23)15-26-27-24(29)21-9-5-19(6-10-21)16-28-14-13-20-3-1-2-4-22(20)17-28/h1-12,15H,13-14,16-17H2,(H,27,29)/b26-15-. The molecule has 1 N–H and O–H groups in total. The van der Waals surface area contributed by atoms with E-state index in [9.17, 15) is 9.18 Å². The van der Waals surface area contributed by atoms with Crippen molar-refractivity contribution in [2.45, 2.75) is 19.5 Å². The molecule has 146 valence electrons. The number of halogens is 1. The molecule has 1 aliphatic rings. The third kappa shape index (κ3) is 4.95. The van der Waals surface area contributed by atoms with Gasteiger partial charge in [0.1, 0.15) is 5.82 Å². The molecule has 5 heteroatoms. The van der Waals surface area contributed by atoms with E-state index in [1.54, 1.807) is 12.1 Å². The van der Waals surface area contributed by atoms with Crippen molar-refractivity contribution in [1.82, 2.24) is 10.3 Å². The Morgan fingerprint density at radius 3 is 2.48 bits per heavy atom. The highest BCUT2D eigenvalue weighted by atomic mass is 19.1. The Morgan fingerprint density at radius 1 is 1.00 bits per heavy atom. The molecular formula is C24H22FN3O. The number of nitrogens with one attached hydrogen (secondary N) is 1. The summed E-state index contributed by atoms with van der Waals surface area (Å²) in [4.78, 5) is 14.7. The van der Waals surface area contributed by atoms with Crippen molar-refractivity contribution in [3.63, 3.8) is 0 Å². The maximum absolute atomic E-state index is 12.9. The van der Waals surface area contributed by atoms with E-state index in [0.717, 1.165) is 26.1 Å². The van der Waals surface area contributed by atoms with E-state index < -0.39 is 0 Å². The van der Waals surface area contributed by atoms with Crippen LogP contribution in [0.3, 0.4) is 0 Å². The summed E-state index contributed by atoms with van der Waals surface area (Å²) in [5.74, 6) is -0.582. The van der Waals surface area contributed by atoms with Gasteiger partial charge in [-0.25, -0.2) is 9.82 Å². The highest BCUT2D eigenvalue weighted by Gasteiger charge is 2.15. The van der Waals surface area contributed by atoms with Crippen LogP contribution in [-0.2, 0) is 19.5 Å². The second-order valence-corrected chi connectivity index (χ2v) is 7.18. The average Bonchev–Trinajstić information content (AvgIpc) is 2.75. The number of amides is 1. The number of hydrogen-bond acceptors (Lipinski definition) is 3. The van der Waals surface area contributed by atoms with Crippen molar-refractivity contribution in [2.24, 2.45) is 5.10 Å². The summed E-state index contributed by atoms with van der Waals surface area (Å²) in [5.41, 5.74) is 7.78. The molecule has 0 spiro atoms. The molecule has 0 unspecified atom stereocenters. The fourth-order valence-electron chi connectivity index (χ4n) is 3.49. The molecule has 1 aliphatic heterocycles. The van der Waals surface area contributed by atoms with Gasteiger partial charge in [-0.2, -0.15) is 5.10 Å². The zero-order valence-electron chi connectivity index (χ0n) is 16.0. The van der Waals surface area contributed by atoms with Crippen molar-refractivity contribution < 1.29 is 9.18 Å². The summed E-state index contributed by atoms with van der Waals surface area (Å²) >= 11 is 0. The summed E-state index contributed by atoms with van der Waals surface area (Å²) in [6.07, 6.45) is 2.56. The number of benzene rings is 3. The minimum Gasteiger partial charge on any atom is -0.294 e. The topological polar surface area (TPSA) is 44.7 Å². The number of nitrogens with zero attached hydrogens (tertiary/aromatic N) is 2. The number of hydrazone groups is 1. The van der Waals surface area contributed by atoms with Crippen LogP contribution in [0.5, 0.6) is 0 Å². The van der Waals surface area contributed by atoms with E-state index in [-0.39, 0.29) is 11.7 Å². The Hall–Kier alpha value is -3.31. The van der Waals surface area contributed by atoms with Crippen LogP contribution in [0.4, 0.5) is 4.39 Å². The second kappa shape index (κ2) is 8.80. The molecule has 0 saturated heterocycles. The van der Waals surface area contributed by atoms with Gasteiger partial charge in [0.15, 0.2) is 0 Å². The SMILES string of the molecule is O=C(N/N=C\c1ccc(F)cc1)c1ccc(CN2CCc3ccccc3C2)cc1. The van der Waals surface area contributed by atoms with Crippen LogP contribution in [0.25, 0.3) is 0 Å². The summed E-state index contributed by atoms with van der Waals surface area (Å²) in [6.45, 7) is 2.85. The largest absolute Gasteiger partial charge is 0.294 e. The van der Waals surface area contributed by atoms with E-state index in [1.807, 2.05) is 24.3 Å². The van der Waals surface area contributed by atoms with E-state index in [4.69, 9.17) is 0 Å². The molecule has 3 aromatic rings. The highest BCUT2D eigenvalue weighted by Crippen LogP contribution is 2.20. The highest BCUT2D eigenvalue weighted by molar-refractivity contribution is 5.94. The molecule has 0 aliphatic carbocycles. The first-order chi connectivity index (χ1) is 14.2. The number of rotatable bonds is 5. The lowest BCUT2D eigenvalue weighted by Crippen LogP contribution is -2.30. The number of fused-ring (bicyclic) bond motifs is 1. The first kappa shape index (κ1) is 19.0. The Labute approximate surface area is 169 Å². The third-order valence-corrected chi connectivity index (χ3v) is 5.08. The van der Waals surface area contributed by atoms with Gasteiger partial charge in [-0.05, 0) is 52.9 Å². The van der Waals surface area contributed by atoms with Crippen molar-refractivity contribution >= 4 is 12.1 Å². The molecule has 0 atom stereocenters. The Morgan fingerprint density at radius 2 is 1.72 bits per heavy atom. The fourth-order valence-corrected chi connectivity index (χ4v) is 3.49. The molecule has 0 fully saturated rings. The number of carbonyl (C=O) groups excluding carboxylic acids is 1. The van der Waals surface area contributed by atoms with Crippen LogP contribution in [0, 0.1) is 5.82 Å². The van der Waals surface area contributed by atoms with Crippen molar-refractivity contribution in [2.75, 3.05) is 6.54 Å². The molecule has 1 amide bonds. The van der Waals surface area contributed by atoms with Gasteiger partial charge in [0, 0.05) is 25.2 Å². The first-order valence-corrected chi connectivity index (χ1v) is 9.64. The second-order valence-electron chi connectivity index (χ2n) is 7.18. The first-order valence-electron chi connectivity index (χ1n) is 9.64. The van der Waals surface area contributed by atoms with Gasteiger partial charge in [-0.1, -0.05) is 48.5 Å². The molecule has 0 radical (unpaired) electrons. The average molecular weight is 387 g/mol.